The van der Waals surface area contributed by atoms with Gasteiger partial charge in [0.05, 0.1) is 11.3 Å². The van der Waals surface area contributed by atoms with Crippen LogP contribution in [0.15, 0.2) is 12.3 Å². The molecule has 1 aliphatic rings. The first kappa shape index (κ1) is 16.9. The SMILES string of the molecule is Cc1nn(C)c(C)c1C[C@H](C)NC(=O)c1cnc2c(c1)NC(=O)CO2. The molecule has 0 bridgehead atoms. The van der Waals surface area contributed by atoms with Crippen molar-refractivity contribution < 1.29 is 14.3 Å². The number of amides is 2. The third kappa shape index (κ3) is 3.47. The largest absolute Gasteiger partial charge is 0.466 e. The maximum absolute atomic E-state index is 12.5. The highest BCUT2D eigenvalue weighted by Gasteiger charge is 2.20. The van der Waals surface area contributed by atoms with Crippen LogP contribution < -0.4 is 15.4 Å². The smallest absolute Gasteiger partial charge is 0.262 e. The van der Waals surface area contributed by atoms with Crippen molar-refractivity contribution in [3.63, 3.8) is 0 Å². The highest BCUT2D eigenvalue weighted by Crippen LogP contribution is 2.25. The Balaban J connectivity index is 1.69. The molecule has 2 aromatic rings. The first-order valence-corrected chi connectivity index (χ1v) is 8.07. The molecule has 2 amide bonds. The highest BCUT2D eigenvalue weighted by molar-refractivity contribution is 5.99. The van der Waals surface area contributed by atoms with Crippen molar-refractivity contribution in [2.24, 2.45) is 7.05 Å². The Hall–Kier alpha value is -2.90. The number of rotatable bonds is 4. The zero-order valence-electron chi connectivity index (χ0n) is 14.7. The Morgan fingerprint density at radius 1 is 1.48 bits per heavy atom. The zero-order valence-corrected chi connectivity index (χ0v) is 14.7. The number of hydrogen-bond acceptors (Lipinski definition) is 5. The third-order valence-corrected chi connectivity index (χ3v) is 4.27. The number of hydrogen-bond donors (Lipinski definition) is 2. The number of carbonyl (C=O) groups is 2. The molecule has 0 saturated carbocycles. The van der Waals surface area contributed by atoms with E-state index in [1.165, 1.54) is 6.20 Å². The molecule has 3 rings (SSSR count). The number of nitrogens with zero attached hydrogens (tertiary/aromatic N) is 3. The summed E-state index contributed by atoms with van der Waals surface area (Å²) in [6, 6.07) is 1.50. The zero-order chi connectivity index (χ0) is 18.1. The second-order valence-corrected chi connectivity index (χ2v) is 6.27. The van der Waals surface area contributed by atoms with Gasteiger partial charge in [0.1, 0.15) is 5.69 Å². The minimum absolute atomic E-state index is 0.0631. The minimum atomic E-state index is -0.261. The maximum Gasteiger partial charge on any atom is 0.262 e. The van der Waals surface area contributed by atoms with Crippen LogP contribution in [0.4, 0.5) is 5.69 Å². The van der Waals surface area contributed by atoms with Gasteiger partial charge in [-0.1, -0.05) is 0 Å². The van der Waals surface area contributed by atoms with E-state index in [-0.39, 0.29) is 24.5 Å². The van der Waals surface area contributed by atoms with Crippen LogP contribution in [0.3, 0.4) is 0 Å². The lowest BCUT2D eigenvalue weighted by atomic mass is 10.0. The van der Waals surface area contributed by atoms with Crippen molar-refractivity contribution >= 4 is 17.5 Å². The summed E-state index contributed by atoms with van der Waals surface area (Å²) in [6.07, 6.45) is 2.13. The van der Waals surface area contributed by atoms with Gasteiger partial charge < -0.3 is 15.4 Å². The van der Waals surface area contributed by atoms with Gasteiger partial charge in [-0.3, -0.25) is 14.3 Å². The predicted molar refractivity (Wildman–Crippen MR) is 91.7 cm³/mol. The summed E-state index contributed by atoms with van der Waals surface area (Å²) in [5, 5.41) is 10.0. The Kier molecular flexibility index (Phi) is 4.43. The second kappa shape index (κ2) is 6.54. The molecule has 0 aliphatic carbocycles. The summed E-state index contributed by atoms with van der Waals surface area (Å²) >= 11 is 0. The molecule has 0 spiro atoms. The van der Waals surface area contributed by atoms with E-state index in [2.05, 4.69) is 20.7 Å². The van der Waals surface area contributed by atoms with Crippen molar-refractivity contribution in [2.45, 2.75) is 33.2 Å². The van der Waals surface area contributed by atoms with E-state index in [1.807, 2.05) is 32.5 Å². The summed E-state index contributed by atoms with van der Waals surface area (Å²) < 4.78 is 7.04. The standard InChI is InChI=1S/C17H21N5O3/c1-9(5-13-10(2)21-22(4)11(13)3)19-16(24)12-6-14-17(18-7-12)25-8-15(23)20-14/h6-7,9H,5,8H2,1-4H3,(H,19,24)(H,20,23)/t9-/m0/s1. The van der Waals surface area contributed by atoms with Crippen LogP contribution in [-0.4, -0.2) is 39.2 Å². The van der Waals surface area contributed by atoms with Crippen LogP contribution in [0, 0.1) is 13.8 Å². The van der Waals surface area contributed by atoms with Crippen molar-refractivity contribution in [3.8, 4) is 5.88 Å². The molecule has 0 fully saturated rings. The van der Waals surface area contributed by atoms with Crippen molar-refractivity contribution in [1.29, 1.82) is 0 Å². The van der Waals surface area contributed by atoms with E-state index in [0.29, 0.717) is 23.6 Å². The number of nitrogens with one attached hydrogen (secondary N) is 2. The summed E-state index contributed by atoms with van der Waals surface area (Å²) in [5.41, 5.74) is 3.98. The van der Waals surface area contributed by atoms with E-state index in [1.54, 1.807) is 6.07 Å². The number of aryl methyl sites for hydroxylation is 2. The Morgan fingerprint density at radius 3 is 2.92 bits per heavy atom. The number of ether oxygens (including phenoxy) is 1. The van der Waals surface area contributed by atoms with Gasteiger partial charge in [0.25, 0.3) is 11.8 Å². The molecular formula is C17H21N5O3. The molecule has 25 heavy (non-hydrogen) atoms. The van der Waals surface area contributed by atoms with Gasteiger partial charge in [0.15, 0.2) is 6.61 Å². The van der Waals surface area contributed by atoms with Crippen LogP contribution in [0.1, 0.15) is 34.2 Å². The number of aromatic nitrogens is 3. The molecule has 8 heteroatoms. The van der Waals surface area contributed by atoms with E-state index >= 15 is 0 Å². The Morgan fingerprint density at radius 2 is 2.24 bits per heavy atom. The number of fused-ring (bicyclic) bond motifs is 1. The van der Waals surface area contributed by atoms with Gasteiger partial charge in [-0.2, -0.15) is 5.10 Å². The molecular weight excluding hydrogens is 322 g/mol. The molecule has 8 nitrogen and oxygen atoms in total. The molecule has 1 atom stereocenters. The third-order valence-electron chi connectivity index (χ3n) is 4.27. The summed E-state index contributed by atoms with van der Waals surface area (Å²) in [6.45, 7) is 5.86. The molecule has 132 valence electrons. The van der Waals surface area contributed by atoms with Gasteiger partial charge >= 0.3 is 0 Å². The van der Waals surface area contributed by atoms with E-state index in [9.17, 15) is 9.59 Å². The molecule has 0 unspecified atom stereocenters. The van der Waals surface area contributed by atoms with Gasteiger partial charge in [0.2, 0.25) is 5.88 Å². The van der Waals surface area contributed by atoms with Gasteiger partial charge in [0, 0.05) is 25.0 Å². The second-order valence-electron chi connectivity index (χ2n) is 6.27. The highest BCUT2D eigenvalue weighted by atomic mass is 16.5. The maximum atomic E-state index is 12.5. The van der Waals surface area contributed by atoms with Crippen molar-refractivity contribution in [3.05, 3.63) is 34.8 Å². The lowest BCUT2D eigenvalue weighted by Gasteiger charge is -2.18. The lowest BCUT2D eigenvalue weighted by Crippen LogP contribution is -2.34. The fraction of sp³-hybridized carbons (Fsp3) is 0.412. The number of carbonyl (C=O) groups excluding carboxylic acids is 2. The van der Waals surface area contributed by atoms with Crippen LogP contribution in [0.2, 0.25) is 0 Å². The quantitative estimate of drug-likeness (QED) is 0.867. The van der Waals surface area contributed by atoms with Crippen molar-refractivity contribution in [2.75, 3.05) is 11.9 Å². The Bertz CT molecular complexity index is 843. The average molecular weight is 343 g/mol. The molecule has 1 aliphatic heterocycles. The molecule has 0 aromatic carbocycles. The Labute approximate surface area is 145 Å². The summed E-state index contributed by atoms with van der Waals surface area (Å²) in [4.78, 5) is 27.9. The van der Waals surface area contributed by atoms with E-state index in [0.717, 1.165) is 17.0 Å². The van der Waals surface area contributed by atoms with Crippen LogP contribution in [-0.2, 0) is 18.3 Å². The van der Waals surface area contributed by atoms with E-state index in [4.69, 9.17) is 4.74 Å². The van der Waals surface area contributed by atoms with Crippen LogP contribution in [0.25, 0.3) is 0 Å². The van der Waals surface area contributed by atoms with Crippen LogP contribution >= 0.6 is 0 Å². The lowest BCUT2D eigenvalue weighted by molar-refractivity contribution is -0.118. The fourth-order valence-corrected chi connectivity index (χ4v) is 2.88. The fourth-order valence-electron chi connectivity index (χ4n) is 2.88. The molecule has 3 heterocycles. The topological polar surface area (TPSA) is 98.1 Å². The van der Waals surface area contributed by atoms with E-state index < -0.39 is 0 Å². The summed E-state index contributed by atoms with van der Waals surface area (Å²) in [5.74, 6) is -0.185. The molecule has 0 radical (unpaired) electrons. The van der Waals surface area contributed by atoms with Gasteiger partial charge in [-0.05, 0) is 38.8 Å². The first-order valence-electron chi connectivity index (χ1n) is 8.07. The summed E-state index contributed by atoms with van der Waals surface area (Å²) in [7, 11) is 1.91. The first-order chi connectivity index (χ1) is 11.8. The molecule has 0 saturated heterocycles. The minimum Gasteiger partial charge on any atom is -0.466 e. The van der Waals surface area contributed by atoms with Gasteiger partial charge in [-0.25, -0.2) is 4.98 Å². The number of pyridine rings is 1. The predicted octanol–water partition coefficient (Wildman–Crippen LogP) is 1.12. The average Bonchev–Trinajstić information content (AvgIpc) is 2.80. The normalized spacial score (nSPS) is 14.3. The number of anilines is 1. The van der Waals surface area contributed by atoms with Gasteiger partial charge in [-0.15, -0.1) is 0 Å². The van der Waals surface area contributed by atoms with Crippen LogP contribution in [0.5, 0.6) is 5.88 Å². The molecule has 2 aromatic heterocycles. The van der Waals surface area contributed by atoms with Crippen molar-refractivity contribution in [1.82, 2.24) is 20.1 Å². The molecule has 2 N–H and O–H groups in total. The monoisotopic (exact) mass is 343 g/mol.